The molecule has 10 heteroatoms. The minimum atomic E-state index is -4.37. The molecule has 1 atom stereocenters. The van der Waals surface area contributed by atoms with E-state index >= 15 is 0 Å². The first-order valence-electron chi connectivity index (χ1n) is 6.01. The summed E-state index contributed by atoms with van der Waals surface area (Å²) in [6.07, 6.45) is 0.867. The molecular formula is C11H17N3O6S. The van der Waals surface area contributed by atoms with Crippen molar-refractivity contribution >= 4 is 16.0 Å². The van der Waals surface area contributed by atoms with Gasteiger partial charge in [0.25, 0.3) is 5.56 Å². The average molecular weight is 319 g/mol. The van der Waals surface area contributed by atoms with Gasteiger partial charge in [0.2, 0.25) is 10.0 Å². The first-order chi connectivity index (χ1) is 9.49. The van der Waals surface area contributed by atoms with Gasteiger partial charge in [-0.2, -0.15) is 4.72 Å². The molecule has 0 fully saturated rings. The molecule has 0 amide bonds. The van der Waals surface area contributed by atoms with Crippen molar-refractivity contribution in [3.05, 3.63) is 27.0 Å². The maximum absolute atomic E-state index is 12.2. The van der Waals surface area contributed by atoms with Crippen molar-refractivity contribution in [1.82, 2.24) is 13.9 Å². The molecule has 0 aliphatic rings. The van der Waals surface area contributed by atoms with Crippen molar-refractivity contribution in [2.45, 2.75) is 24.8 Å². The summed E-state index contributed by atoms with van der Waals surface area (Å²) >= 11 is 0. The highest BCUT2D eigenvalue weighted by atomic mass is 32.2. The van der Waals surface area contributed by atoms with E-state index in [1.807, 2.05) is 4.72 Å². The van der Waals surface area contributed by atoms with Gasteiger partial charge >= 0.3 is 11.7 Å². The van der Waals surface area contributed by atoms with E-state index in [0.717, 1.165) is 17.8 Å². The molecule has 0 aliphatic heterocycles. The number of rotatable bonds is 5. The molecule has 1 rings (SSSR count). The van der Waals surface area contributed by atoms with Gasteiger partial charge in [-0.3, -0.25) is 14.2 Å². The molecule has 0 bridgehead atoms. The third-order valence-corrected chi connectivity index (χ3v) is 4.34. The molecule has 0 aliphatic carbocycles. The smallest absolute Gasteiger partial charge is 0.330 e. The summed E-state index contributed by atoms with van der Waals surface area (Å²) in [5.41, 5.74) is -1.70. The Hall–Kier alpha value is -1.94. The molecule has 0 unspecified atom stereocenters. The Morgan fingerprint density at radius 3 is 2.24 bits per heavy atom. The summed E-state index contributed by atoms with van der Waals surface area (Å²) < 4.78 is 27.9. The Morgan fingerprint density at radius 1 is 1.29 bits per heavy atom. The molecule has 118 valence electrons. The minimum absolute atomic E-state index is 0.520. The lowest BCUT2D eigenvalue weighted by Gasteiger charge is -2.18. The van der Waals surface area contributed by atoms with Crippen LogP contribution in [0.5, 0.6) is 0 Å². The third-order valence-electron chi connectivity index (χ3n) is 2.92. The lowest BCUT2D eigenvalue weighted by atomic mass is 10.1. The lowest BCUT2D eigenvalue weighted by Crippen LogP contribution is -2.47. The largest absolute Gasteiger partial charge is 0.480 e. The molecule has 2 N–H and O–H groups in total. The number of hydrogen-bond donors (Lipinski definition) is 2. The Morgan fingerprint density at radius 2 is 1.81 bits per heavy atom. The number of nitrogens with one attached hydrogen (secondary N) is 1. The summed E-state index contributed by atoms with van der Waals surface area (Å²) in [6, 6.07) is -1.38. The predicted octanol–water partition coefficient (Wildman–Crippen LogP) is -1.53. The van der Waals surface area contributed by atoms with Crippen molar-refractivity contribution in [3.63, 3.8) is 0 Å². The van der Waals surface area contributed by atoms with Gasteiger partial charge < -0.3 is 9.67 Å². The zero-order chi connectivity index (χ0) is 16.5. The standard InChI is InChI=1S/C11H17N3O6S/c1-6(2)8(10(16)17)12-21(19,20)7-5-13(3)11(18)14(4)9(7)15/h5-6,8,12H,1-4H3,(H,16,17)/t8-/m0/s1. The fraction of sp³-hybridized carbons (Fsp3) is 0.545. The van der Waals surface area contributed by atoms with Crippen molar-refractivity contribution < 1.29 is 18.3 Å². The van der Waals surface area contributed by atoms with Crippen molar-refractivity contribution in [1.29, 1.82) is 0 Å². The van der Waals surface area contributed by atoms with Gasteiger partial charge in [0.15, 0.2) is 4.90 Å². The van der Waals surface area contributed by atoms with Gasteiger partial charge in [-0.15, -0.1) is 0 Å². The molecule has 9 nitrogen and oxygen atoms in total. The van der Waals surface area contributed by atoms with E-state index in [0.29, 0.717) is 4.57 Å². The molecule has 0 saturated carbocycles. The summed E-state index contributed by atoms with van der Waals surface area (Å²) in [5.74, 6) is -1.87. The lowest BCUT2D eigenvalue weighted by molar-refractivity contribution is -0.140. The molecule has 0 aromatic carbocycles. The number of aryl methyl sites for hydroxylation is 1. The summed E-state index contributed by atoms with van der Waals surface area (Å²) in [6.45, 7) is 3.06. The number of aromatic nitrogens is 2. The highest BCUT2D eigenvalue weighted by molar-refractivity contribution is 7.89. The fourth-order valence-corrected chi connectivity index (χ4v) is 3.16. The molecule has 1 heterocycles. The Balaban J connectivity index is 3.43. The zero-order valence-electron chi connectivity index (χ0n) is 12.0. The van der Waals surface area contributed by atoms with Crippen LogP contribution in [0.15, 0.2) is 20.7 Å². The third kappa shape index (κ3) is 3.39. The summed E-state index contributed by atoms with van der Waals surface area (Å²) in [4.78, 5) is 33.8. The zero-order valence-corrected chi connectivity index (χ0v) is 12.8. The average Bonchev–Trinajstić information content (AvgIpc) is 2.37. The Kier molecular flexibility index (Phi) is 4.74. The first kappa shape index (κ1) is 17.1. The second kappa shape index (κ2) is 5.82. The van der Waals surface area contributed by atoms with Gasteiger partial charge in [-0.25, -0.2) is 13.2 Å². The molecule has 1 aromatic heterocycles. The first-order valence-corrected chi connectivity index (χ1v) is 7.49. The predicted molar refractivity (Wildman–Crippen MR) is 73.5 cm³/mol. The minimum Gasteiger partial charge on any atom is -0.480 e. The number of carboxylic acid groups (broad SMARTS) is 1. The van der Waals surface area contributed by atoms with Crippen LogP contribution in [0.1, 0.15) is 13.8 Å². The Labute approximate surface area is 120 Å². The van der Waals surface area contributed by atoms with Crippen LogP contribution in [0.4, 0.5) is 0 Å². The van der Waals surface area contributed by atoms with Gasteiger partial charge in [0.05, 0.1) is 0 Å². The van der Waals surface area contributed by atoms with E-state index in [1.54, 1.807) is 0 Å². The molecule has 0 saturated heterocycles. The molecule has 0 spiro atoms. The van der Waals surface area contributed by atoms with Crippen LogP contribution in [-0.2, 0) is 28.9 Å². The maximum Gasteiger partial charge on any atom is 0.330 e. The Bertz CT molecular complexity index is 774. The number of nitrogens with zero attached hydrogens (tertiary/aromatic N) is 2. The van der Waals surface area contributed by atoms with E-state index < -0.39 is 44.1 Å². The van der Waals surface area contributed by atoms with Crippen molar-refractivity contribution in [3.8, 4) is 0 Å². The van der Waals surface area contributed by atoms with E-state index in [2.05, 4.69) is 0 Å². The van der Waals surface area contributed by atoms with E-state index in [-0.39, 0.29) is 0 Å². The number of sulfonamides is 1. The number of aliphatic carboxylic acids is 1. The normalized spacial score (nSPS) is 13.4. The molecular weight excluding hydrogens is 302 g/mol. The van der Waals surface area contributed by atoms with Crippen LogP contribution in [0, 0.1) is 5.92 Å². The SMILES string of the molecule is CC(C)[C@H](NS(=O)(=O)c1cn(C)c(=O)n(C)c1=O)C(=O)O. The highest BCUT2D eigenvalue weighted by Gasteiger charge is 2.30. The molecule has 0 radical (unpaired) electrons. The van der Waals surface area contributed by atoms with Crippen LogP contribution in [-0.4, -0.2) is 34.7 Å². The van der Waals surface area contributed by atoms with Crippen LogP contribution in [0.2, 0.25) is 0 Å². The molecule has 1 aromatic rings. The van der Waals surface area contributed by atoms with E-state index in [9.17, 15) is 22.8 Å². The van der Waals surface area contributed by atoms with Crippen molar-refractivity contribution in [2.24, 2.45) is 20.0 Å². The van der Waals surface area contributed by atoms with E-state index in [1.165, 1.54) is 20.9 Å². The quantitative estimate of drug-likeness (QED) is 0.678. The maximum atomic E-state index is 12.2. The summed E-state index contributed by atoms with van der Waals surface area (Å²) in [7, 11) is -1.94. The van der Waals surface area contributed by atoms with E-state index in [4.69, 9.17) is 5.11 Å². The van der Waals surface area contributed by atoms with Gasteiger partial charge in [0, 0.05) is 20.3 Å². The van der Waals surface area contributed by atoms with Crippen LogP contribution in [0.25, 0.3) is 0 Å². The van der Waals surface area contributed by atoms with Crippen LogP contribution in [0.3, 0.4) is 0 Å². The molecule has 21 heavy (non-hydrogen) atoms. The topological polar surface area (TPSA) is 127 Å². The van der Waals surface area contributed by atoms with Gasteiger partial charge in [-0.1, -0.05) is 13.8 Å². The van der Waals surface area contributed by atoms with Crippen LogP contribution >= 0.6 is 0 Å². The number of carboxylic acids is 1. The fourth-order valence-electron chi connectivity index (χ4n) is 1.66. The monoisotopic (exact) mass is 319 g/mol. The number of carbonyl (C=O) groups is 1. The second-order valence-corrected chi connectivity index (χ2v) is 6.61. The summed E-state index contributed by atoms with van der Waals surface area (Å²) in [5, 5.41) is 9.01. The van der Waals surface area contributed by atoms with Crippen molar-refractivity contribution in [2.75, 3.05) is 0 Å². The highest BCUT2D eigenvalue weighted by Crippen LogP contribution is 2.07. The van der Waals surface area contributed by atoms with Crippen LogP contribution < -0.4 is 16.0 Å². The van der Waals surface area contributed by atoms with Gasteiger partial charge in [0.1, 0.15) is 6.04 Å². The second-order valence-electron chi connectivity index (χ2n) is 4.93. The number of hydrogen-bond acceptors (Lipinski definition) is 5. The van der Waals surface area contributed by atoms with Gasteiger partial charge in [-0.05, 0) is 5.92 Å².